The van der Waals surface area contributed by atoms with Gasteiger partial charge in [0.15, 0.2) is 0 Å². The van der Waals surface area contributed by atoms with E-state index < -0.39 is 5.97 Å². The van der Waals surface area contributed by atoms with Crippen LogP contribution < -0.4 is 5.32 Å². The summed E-state index contributed by atoms with van der Waals surface area (Å²) in [5, 5.41) is 14.8. The van der Waals surface area contributed by atoms with E-state index in [9.17, 15) is 4.79 Å². The zero-order valence-corrected chi connectivity index (χ0v) is 13.2. The van der Waals surface area contributed by atoms with Gasteiger partial charge in [-0.05, 0) is 5.56 Å². The number of carboxylic acid groups (broad SMARTS) is 1. The molecule has 7 heteroatoms. The molecule has 0 spiro atoms. The number of anilines is 1. The van der Waals surface area contributed by atoms with Gasteiger partial charge in [-0.25, -0.2) is 9.97 Å². The molecule has 2 N–H and O–H groups in total. The van der Waals surface area contributed by atoms with Crippen molar-refractivity contribution in [2.45, 2.75) is 6.42 Å². The van der Waals surface area contributed by atoms with E-state index in [1.807, 2.05) is 30.3 Å². The number of carbonyl (C=O) groups is 1. The van der Waals surface area contributed by atoms with E-state index >= 15 is 0 Å². The van der Waals surface area contributed by atoms with E-state index in [0.717, 1.165) is 21.3 Å². The number of benzene rings is 1. The second-order valence-corrected chi connectivity index (χ2v) is 5.35. The van der Waals surface area contributed by atoms with Crippen LogP contribution in [0.15, 0.2) is 42.0 Å². The molecule has 3 rings (SSSR count). The fourth-order valence-electron chi connectivity index (χ4n) is 2.13. The summed E-state index contributed by atoms with van der Waals surface area (Å²) in [7, 11) is 0. The first kappa shape index (κ1) is 16.2. The van der Waals surface area contributed by atoms with Crippen molar-refractivity contribution in [2.75, 3.05) is 11.9 Å². The fraction of sp³-hybridized carbons (Fsp3) is 0.133. The van der Waals surface area contributed by atoms with Crippen LogP contribution in [0.2, 0.25) is 0 Å². The third-order valence-corrected chi connectivity index (χ3v) is 3.97. The van der Waals surface area contributed by atoms with E-state index in [0.29, 0.717) is 12.4 Å². The van der Waals surface area contributed by atoms with Gasteiger partial charge in [-0.2, -0.15) is 0 Å². The summed E-state index contributed by atoms with van der Waals surface area (Å²) in [5.74, 6) is -0.150. The predicted octanol–water partition coefficient (Wildman–Crippen LogP) is 3.67. The van der Waals surface area contributed by atoms with Gasteiger partial charge in [-0.3, -0.25) is 4.79 Å². The van der Waals surface area contributed by atoms with Crippen LogP contribution in [0.3, 0.4) is 0 Å². The summed E-state index contributed by atoms with van der Waals surface area (Å²) in [6.45, 7) is 0.339. The Morgan fingerprint density at radius 3 is 2.73 bits per heavy atom. The van der Waals surface area contributed by atoms with Crippen LogP contribution in [-0.4, -0.2) is 27.6 Å². The van der Waals surface area contributed by atoms with E-state index in [1.165, 1.54) is 6.33 Å². The molecule has 2 aromatic heterocycles. The average Bonchev–Trinajstić information content (AvgIpc) is 2.93. The molecule has 0 aliphatic heterocycles. The van der Waals surface area contributed by atoms with Crippen molar-refractivity contribution >= 4 is 45.7 Å². The maximum absolute atomic E-state index is 10.6. The number of thiophene rings is 1. The van der Waals surface area contributed by atoms with E-state index in [4.69, 9.17) is 5.11 Å². The summed E-state index contributed by atoms with van der Waals surface area (Å²) in [6.07, 6.45) is 1.55. The molecule has 0 aliphatic carbocycles. The van der Waals surface area contributed by atoms with Gasteiger partial charge in [-0.1, -0.05) is 30.3 Å². The van der Waals surface area contributed by atoms with Crippen LogP contribution in [0, 0.1) is 0 Å². The average molecular weight is 336 g/mol. The minimum atomic E-state index is -0.832. The monoisotopic (exact) mass is 335 g/mol. The maximum atomic E-state index is 10.6. The molecule has 0 bridgehead atoms. The molecule has 0 aliphatic rings. The Hall–Kier alpha value is -2.18. The number of nitrogens with zero attached hydrogens (tertiary/aromatic N) is 2. The number of hydrogen-bond acceptors (Lipinski definition) is 5. The summed E-state index contributed by atoms with van der Waals surface area (Å²) in [6, 6.07) is 10.0. The standard InChI is InChI=1S/C15H13N3O2S.ClH/c19-12(20)6-7-16-14-13-11(10-4-2-1-3-5-10)8-21-15(13)18-9-17-14;/h1-5,8-9H,6-7H2,(H,19,20)(H,16,17,18);1H. The third kappa shape index (κ3) is 3.35. The Balaban J connectivity index is 0.00000176. The van der Waals surface area contributed by atoms with Gasteiger partial charge in [-0.15, -0.1) is 23.7 Å². The minimum Gasteiger partial charge on any atom is -0.481 e. The van der Waals surface area contributed by atoms with Gasteiger partial charge in [0.2, 0.25) is 0 Å². The Morgan fingerprint density at radius 2 is 2.00 bits per heavy atom. The SMILES string of the molecule is Cl.O=C(O)CCNc1ncnc2scc(-c3ccccc3)c12. The van der Waals surface area contributed by atoms with Crippen LogP contribution in [0.4, 0.5) is 5.82 Å². The number of nitrogens with one attached hydrogen (secondary N) is 1. The maximum Gasteiger partial charge on any atom is 0.305 e. The molecule has 0 radical (unpaired) electrons. The number of halogens is 1. The number of aromatic nitrogens is 2. The van der Waals surface area contributed by atoms with Crippen LogP contribution >= 0.6 is 23.7 Å². The molecule has 22 heavy (non-hydrogen) atoms. The highest BCUT2D eigenvalue weighted by Gasteiger charge is 2.12. The van der Waals surface area contributed by atoms with Crippen molar-refractivity contribution in [3.63, 3.8) is 0 Å². The molecule has 0 saturated heterocycles. The molecule has 0 unspecified atom stereocenters. The number of hydrogen-bond donors (Lipinski definition) is 2. The smallest absolute Gasteiger partial charge is 0.305 e. The van der Waals surface area contributed by atoms with Crippen molar-refractivity contribution in [3.05, 3.63) is 42.0 Å². The van der Waals surface area contributed by atoms with Gasteiger partial charge >= 0.3 is 5.97 Å². The Kier molecular flexibility index (Phi) is 5.30. The predicted molar refractivity (Wildman–Crippen MR) is 90.8 cm³/mol. The van der Waals surface area contributed by atoms with Gasteiger partial charge in [0.1, 0.15) is 17.0 Å². The summed E-state index contributed by atoms with van der Waals surface area (Å²) in [5.41, 5.74) is 2.16. The molecule has 2 heterocycles. The van der Waals surface area contributed by atoms with Crippen LogP contribution in [0.1, 0.15) is 6.42 Å². The van der Waals surface area contributed by atoms with Crippen LogP contribution in [0.5, 0.6) is 0 Å². The van der Waals surface area contributed by atoms with E-state index in [1.54, 1.807) is 11.3 Å². The Morgan fingerprint density at radius 1 is 1.23 bits per heavy atom. The lowest BCUT2D eigenvalue weighted by atomic mass is 10.1. The lowest BCUT2D eigenvalue weighted by Crippen LogP contribution is -2.09. The second kappa shape index (κ2) is 7.20. The first-order valence-corrected chi connectivity index (χ1v) is 7.37. The van der Waals surface area contributed by atoms with Crippen molar-refractivity contribution in [2.24, 2.45) is 0 Å². The Labute approximate surface area is 137 Å². The highest BCUT2D eigenvalue weighted by molar-refractivity contribution is 7.17. The molecule has 0 fully saturated rings. The highest BCUT2D eigenvalue weighted by Crippen LogP contribution is 2.36. The van der Waals surface area contributed by atoms with Crippen molar-refractivity contribution < 1.29 is 9.90 Å². The Bertz CT molecular complexity index is 777. The first-order valence-electron chi connectivity index (χ1n) is 6.49. The molecule has 114 valence electrons. The largest absolute Gasteiger partial charge is 0.481 e. The molecule has 0 amide bonds. The normalized spacial score (nSPS) is 10.2. The molecule has 0 saturated carbocycles. The molecular weight excluding hydrogens is 322 g/mol. The zero-order valence-electron chi connectivity index (χ0n) is 11.5. The van der Waals surface area contributed by atoms with Gasteiger partial charge in [0, 0.05) is 17.5 Å². The molecule has 1 aromatic carbocycles. The topological polar surface area (TPSA) is 75.1 Å². The number of aliphatic carboxylic acids is 1. The van der Waals surface area contributed by atoms with Crippen molar-refractivity contribution in [3.8, 4) is 11.1 Å². The molecule has 0 atom stereocenters. The zero-order chi connectivity index (χ0) is 14.7. The lowest BCUT2D eigenvalue weighted by Gasteiger charge is -2.07. The van der Waals surface area contributed by atoms with Gasteiger partial charge in [0.25, 0.3) is 0 Å². The summed E-state index contributed by atoms with van der Waals surface area (Å²) >= 11 is 1.56. The van der Waals surface area contributed by atoms with Crippen LogP contribution in [0.25, 0.3) is 21.3 Å². The highest BCUT2D eigenvalue weighted by atomic mass is 35.5. The van der Waals surface area contributed by atoms with Gasteiger partial charge < -0.3 is 10.4 Å². The first-order chi connectivity index (χ1) is 10.3. The quantitative estimate of drug-likeness (QED) is 0.744. The van der Waals surface area contributed by atoms with Crippen molar-refractivity contribution in [1.29, 1.82) is 0 Å². The van der Waals surface area contributed by atoms with Crippen LogP contribution in [-0.2, 0) is 4.79 Å². The van der Waals surface area contributed by atoms with E-state index in [-0.39, 0.29) is 18.8 Å². The lowest BCUT2D eigenvalue weighted by molar-refractivity contribution is -0.136. The molecule has 5 nitrogen and oxygen atoms in total. The van der Waals surface area contributed by atoms with Crippen molar-refractivity contribution in [1.82, 2.24) is 9.97 Å². The summed E-state index contributed by atoms with van der Waals surface area (Å²) < 4.78 is 0. The summed E-state index contributed by atoms with van der Waals surface area (Å²) in [4.78, 5) is 20.0. The van der Waals surface area contributed by atoms with Gasteiger partial charge in [0.05, 0.1) is 11.8 Å². The minimum absolute atomic E-state index is 0. The molecule has 3 aromatic rings. The number of rotatable bonds is 5. The number of fused-ring (bicyclic) bond motifs is 1. The van der Waals surface area contributed by atoms with E-state index in [2.05, 4.69) is 20.7 Å². The number of carboxylic acids is 1. The third-order valence-electron chi connectivity index (χ3n) is 3.09. The second-order valence-electron chi connectivity index (χ2n) is 4.49. The molecular formula is C15H14ClN3O2S. The fourth-order valence-corrected chi connectivity index (χ4v) is 3.04.